The summed E-state index contributed by atoms with van der Waals surface area (Å²) >= 11 is 0. The highest BCUT2D eigenvalue weighted by Crippen LogP contribution is 2.25. The second-order valence-electron chi connectivity index (χ2n) is 6.40. The van der Waals surface area contributed by atoms with E-state index >= 15 is 0 Å². The van der Waals surface area contributed by atoms with E-state index in [4.69, 9.17) is 4.74 Å². The number of ether oxygens (including phenoxy) is 1. The van der Waals surface area contributed by atoms with Crippen molar-refractivity contribution in [2.75, 3.05) is 31.1 Å². The Kier molecular flexibility index (Phi) is 6.46. The van der Waals surface area contributed by atoms with E-state index in [9.17, 15) is 4.79 Å². The Labute approximate surface area is 149 Å². The van der Waals surface area contributed by atoms with Gasteiger partial charge in [-0.2, -0.15) is 0 Å². The molecule has 0 aromatic heterocycles. The number of rotatable bonds is 7. The molecule has 25 heavy (non-hydrogen) atoms. The Bertz CT molecular complexity index is 673. The normalized spacial score (nSPS) is 13.8. The molecule has 0 bridgehead atoms. The zero-order chi connectivity index (χ0) is 17.3. The quantitative estimate of drug-likeness (QED) is 0.789. The van der Waals surface area contributed by atoms with Crippen molar-refractivity contribution in [3.05, 3.63) is 65.7 Å². The number of aryl methyl sites for hydroxylation is 1. The molecule has 0 fully saturated rings. The van der Waals surface area contributed by atoms with Gasteiger partial charge in [0.1, 0.15) is 0 Å². The van der Waals surface area contributed by atoms with E-state index in [0.717, 1.165) is 24.9 Å². The number of fused-ring (bicyclic) bond motifs is 1. The standard InChI is InChI=1S/C21H26N2O2/c24-21(22-13-15-25-17-18-8-2-1-3-9-18)16-23-14-7-6-11-19-10-4-5-12-20(19)23/h1-5,8-10,12H,6-7,11,13-17H2,(H,22,24). The first-order valence-corrected chi connectivity index (χ1v) is 9.04. The van der Waals surface area contributed by atoms with Crippen LogP contribution in [-0.2, 0) is 22.6 Å². The molecule has 0 radical (unpaired) electrons. The number of amides is 1. The third kappa shape index (κ3) is 5.33. The lowest BCUT2D eigenvalue weighted by Gasteiger charge is -2.24. The van der Waals surface area contributed by atoms with E-state index in [-0.39, 0.29) is 5.91 Å². The van der Waals surface area contributed by atoms with Crippen LogP contribution in [0.15, 0.2) is 54.6 Å². The molecule has 132 valence electrons. The lowest BCUT2D eigenvalue weighted by Crippen LogP contribution is -2.39. The number of hydrogen-bond donors (Lipinski definition) is 1. The van der Waals surface area contributed by atoms with Gasteiger partial charge in [0.2, 0.25) is 5.91 Å². The topological polar surface area (TPSA) is 41.6 Å². The summed E-state index contributed by atoms with van der Waals surface area (Å²) in [6, 6.07) is 18.5. The average Bonchev–Trinajstić information content (AvgIpc) is 2.85. The lowest BCUT2D eigenvalue weighted by molar-refractivity contribution is -0.120. The van der Waals surface area contributed by atoms with Crippen LogP contribution in [0.1, 0.15) is 24.0 Å². The van der Waals surface area contributed by atoms with Gasteiger partial charge >= 0.3 is 0 Å². The Balaban J connectivity index is 1.40. The highest BCUT2D eigenvalue weighted by molar-refractivity contribution is 5.81. The highest BCUT2D eigenvalue weighted by Gasteiger charge is 2.17. The predicted molar refractivity (Wildman–Crippen MR) is 101 cm³/mol. The first-order valence-electron chi connectivity index (χ1n) is 9.04. The molecular formula is C21H26N2O2. The molecule has 0 saturated heterocycles. The van der Waals surface area contributed by atoms with Crippen molar-refractivity contribution in [1.29, 1.82) is 0 Å². The largest absolute Gasteiger partial charge is 0.375 e. The second-order valence-corrected chi connectivity index (χ2v) is 6.40. The summed E-state index contributed by atoms with van der Waals surface area (Å²) in [4.78, 5) is 14.5. The van der Waals surface area contributed by atoms with Crippen molar-refractivity contribution in [2.24, 2.45) is 0 Å². The fraction of sp³-hybridized carbons (Fsp3) is 0.381. The number of anilines is 1. The lowest BCUT2D eigenvalue weighted by atomic mass is 10.1. The summed E-state index contributed by atoms with van der Waals surface area (Å²) < 4.78 is 5.61. The minimum absolute atomic E-state index is 0.0556. The van der Waals surface area contributed by atoms with Gasteiger partial charge in [-0.05, 0) is 36.5 Å². The molecule has 0 atom stereocenters. The third-order valence-electron chi connectivity index (χ3n) is 4.47. The van der Waals surface area contributed by atoms with Gasteiger partial charge in [0.05, 0.1) is 19.8 Å². The fourth-order valence-corrected chi connectivity index (χ4v) is 3.19. The Morgan fingerprint density at radius 1 is 1.04 bits per heavy atom. The van der Waals surface area contributed by atoms with Crippen LogP contribution in [-0.4, -0.2) is 32.1 Å². The van der Waals surface area contributed by atoms with Crippen LogP contribution < -0.4 is 10.2 Å². The van der Waals surface area contributed by atoms with Crippen LogP contribution in [0.5, 0.6) is 0 Å². The van der Waals surface area contributed by atoms with Crippen LogP contribution >= 0.6 is 0 Å². The van der Waals surface area contributed by atoms with E-state index in [1.165, 1.54) is 17.7 Å². The summed E-state index contributed by atoms with van der Waals surface area (Å²) in [7, 11) is 0. The van der Waals surface area contributed by atoms with Crippen LogP contribution in [0.2, 0.25) is 0 Å². The maximum Gasteiger partial charge on any atom is 0.239 e. The van der Waals surface area contributed by atoms with Gasteiger partial charge < -0.3 is 15.0 Å². The number of carbonyl (C=O) groups is 1. The molecule has 4 nitrogen and oxygen atoms in total. The van der Waals surface area contributed by atoms with Gasteiger partial charge in [-0.25, -0.2) is 0 Å². The molecule has 0 spiro atoms. The van der Waals surface area contributed by atoms with Crippen LogP contribution in [0.4, 0.5) is 5.69 Å². The Morgan fingerprint density at radius 3 is 2.72 bits per heavy atom. The maximum atomic E-state index is 12.3. The van der Waals surface area contributed by atoms with E-state index < -0.39 is 0 Å². The molecule has 2 aromatic rings. The van der Waals surface area contributed by atoms with Crippen LogP contribution in [0.3, 0.4) is 0 Å². The minimum atomic E-state index is 0.0556. The number of para-hydroxylation sites is 1. The van der Waals surface area contributed by atoms with Crippen LogP contribution in [0.25, 0.3) is 0 Å². The van der Waals surface area contributed by atoms with Gasteiger partial charge in [0, 0.05) is 18.8 Å². The molecule has 2 aromatic carbocycles. The first-order chi connectivity index (χ1) is 12.3. The van der Waals surface area contributed by atoms with Crippen LogP contribution in [0, 0.1) is 0 Å². The smallest absolute Gasteiger partial charge is 0.239 e. The fourth-order valence-electron chi connectivity index (χ4n) is 3.19. The van der Waals surface area contributed by atoms with E-state index in [1.807, 2.05) is 36.4 Å². The molecule has 0 aliphatic carbocycles. The first kappa shape index (κ1) is 17.5. The summed E-state index contributed by atoms with van der Waals surface area (Å²) in [6.07, 6.45) is 3.41. The number of carbonyl (C=O) groups excluding carboxylic acids is 1. The van der Waals surface area contributed by atoms with Crippen molar-refractivity contribution in [1.82, 2.24) is 5.32 Å². The Morgan fingerprint density at radius 2 is 1.84 bits per heavy atom. The van der Waals surface area contributed by atoms with Crippen molar-refractivity contribution in [2.45, 2.75) is 25.9 Å². The zero-order valence-corrected chi connectivity index (χ0v) is 14.6. The van der Waals surface area contributed by atoms with Crippen molar-refractivity contribution in [3.8, 4) is 0 Å². The minimum Gasteiger partial charge on any atom is -0.375 e. The zero-order valence-electron chi connectivity index (χ0n) is 14.6. The van der Waals surface area contributed by atoms with Crippen molar-refractivity contribution >= 4 is 11.6 Å². The molecule has 1 heterocycles. The number of benzene rings is 2. The molecule has 1 aliphatic heterocycles. The van der Waals surface area contributed by atoms with Crippen molar-refractivity contribution in [3.63, 3.8) is 0 Å². The number of nitrogens with zero attached hydrogens (tertiary/aromatic N) is 1. The summed E-state index contributed by atoms with van der Waals surface area (Å²) in [5.41, 5.74) is 3.70. The summed E-state index contributed by atoms with van der Waals surface area (Å²) in [5, 5.41) is 2.96. The molecule has 0 saturated carbocycles. The van der Waals surface area contributed by atoms with Gasteiger partial charge in [-0.1, -0.05) is 48.5 Å². The molecule has 4 heteroatoms. The van der Waals surface area contributed by atoms with Gasteiger partial charge in [-0.3, -0.25) is 4.79 Å². The van der Waals surface area contributed by atoms with Crippen molar-refractivity contribution < 1.29 is 9.53 Å². The van der Waals surface area contributed by atoms with E-state index in [1.54, 1.807) is 0 Å². The molecule has 0 unspecified atom stereocenters. The highest BCUT2D eigenvalue weighted by atomic mass is 16.5. The predicted octanol–water partition coefficient (Wildman–Crippen LogP) is 3.16. The average molecular weight is 338 g/mol. The maximum absolute atomic E-state index is 12.3. The molecule has 1 N–H and O–H groups in total. The molecule has 1 aliphatic rings. The van der Waals surface area contributed by atoms with E-state index in [0.29, 0.717) is 26.3 Å². The van der Waals surface area contributed by atoms with E-state index in [2.05, 4.69) is 28.4 Å². The monoisotopic (exact) mass is 338 g/mol. The number of nitrogens with one attached hydrogen (secondary N) is 1. The molecule has 1 amide bonds. The summed E-state index contributed by atoms with van der Waals surface area (Å²) in [6.45, 7) is 3.00. The third-order valence-corrected chi connectivity index (χ3v) is 4.47. The van der Waals surface area contributed by atoms with Gasteiger partial charge in [-0.15, -0.1) is 0 Å². The summed E-state index contributed by atoms with van der Waals surface area (Å²) in [5.74, 6) is 0.0556. The second kappa shape index (κ2) is 9.23. The number of hydrogen-bond acceptors (Lipinski definition) is 3. The van der Waals surface area contributed by atoms with Gasteiger partial charge in [0.15, 0.2) is 0 Å². The Hall–Kier alpha value is -2.33. The SMILES string of the molecule is O=C(CN1CCCCc2ccccc21)NCCOCc1ccccc1. The molecular weight excluding hydrogens is 312 g/mol. The van der Waals surface area contributed by atoms with Gasteiger partial charge in [0.25, 0.3) is 0 Å². The molecule has 3 rings (SSSR count).